The SMILES string of the molecule is C[C@@H]1[C@@H]2CN(C(=O)[C@H](C(C)(C)C)NC(=O)O[C@@H]3C[C@@H]4C[C@@H]4[C@H]3CC/C=C/Cn3c(nc4cc(Cl)ccc4c3=O)O2)[C@@H]1C(O)N[C@]1(C(=O)NS(=O)(=O)C2(C)CC2)C[C@H]1C(F)F. The third kappa shape index (κ3) is 7.78. The number of sulfonamides is 1. The maximum Gasteiger partial charge on any atom is 0.408 e. The van der Waals surface area contributed by atoms with Gasteiger partial charge in [-0.15, -0.1) is 0 Å². The minimum Gasteiger partial charge on any atom is -0.459 e. The number of benzene rings is 1. The van der Waals surface area contributed by atoms with Gasteiger partial charge in [0, 0.05) is 23.4 Å². The van der Waals surface area contributed by atoms with Crippen LogP contribution in [-0.2, 0) is 30.9 Å². The number of aliphatic hydroxyl groups is 1. The Kier molecular flexibility index (Phi) is 10.8. The van der Waals surface area contributed by atoms with E-state index in [4.69, 9.17) is 21.1 Å². The van der Waals surface area contributed by atoms with Crippen molar-refractivity contribution in [3.05, 3.63) is 45.7 Å². The number of halogens is 3. The number of alkyl carbamates (subject to hydrolysis) is 1. The number of fused-ring (bicyclic) bond motifs is 7. The highest BCUT2D eigenvalue weighted by molar-refractivity contribution is 7.91. The Bertz CT molecular complexity index is 2280. The summed E-state index contributed by atoms with van der Waals surface area (Å²) in [4.78, 5) is 62.3. The summed E-state index contributed by atoms with van der Waals surface area (Å²) in [5.74, 6) is -3.38. The Morgan fingerprint density at radius 3 is 2.50 bits per heavy atom. The van der Waals surface area contributed by atoms with Gasteiger partial charge in [0.2, 0.25) is 22.4 Å². The number of amides is 3. The molecule has 2 aliphatic heterocycles. The summed E-state index contributed by atoms with van der Waals surface area (Å²) in [6.07, 6.45) is 0.0201. The summed E-state index contributed by atoms with van der Waals surface area (Å²) < 4.78 is 69.6. The first-order valence-corrected chi connectivity index (χ1v) is 22.6. The first-order chi connectivity index (χ1) is 28.1. The monoisotopic (exact) mass is 878 g/mol. The summed E-state index contributed by atoms with van der Waals surface area (Å²) in [6, 6.07) is 2.08. The Morgan fingerprint density at radius 2 is 1.83 bits per heavy atom. The number of hydrogen-bond donors (Lipinski definition) is 4. The summed E-state index contributed by atoms with van der Waals surface area (Å²) in [6.45, 7) is 8.20. The van der Waals surface area contributed by atoms with Gasteiger partial charge in [-0.1, -0.05) is 51.4 Å². The molecule has 11 atom stereocenters. The van der Waals surface area contributed by atoms with Crippen LogP contribution in [0.25, 0.3) is 10.9 Å². The molecular formula is C41H53ClF2N6O9S. The minimum atomic E-state index is -4.24. The number of alkyl halides is 2. The molecule has 4 N–H and O–H groups in total. The molecule has 0 spiro atoms. The molecule has 1 aromatic heterocycles. The van der Waals surface area contributed by atoms with E-state index in [2.05, 4.69) is 15.6 Å². The van der Waals surface area contributed by atoms with Crippen LogP contribution >= 0.6 is 11.6 Å². The number of hydrogen-bond acceptors (Lipinski definition) is 11. The fourth-order valence-corrected chi connectivity index (χ4v) is 11.1. The molecule has 19 heteroatoms. The van der Waals surface area contributed by atoms with Crippen LogP contribution in [0.4, 0.5) is 13.6 Å². The largest absolute Gasteiger partial charge is 0.459 e. The standard InChI is InChI=1S/C41H53ClF2N6O9S/c1-20-29-19-50(30(20)33(51)47-41(18-26(41)32(43)44)36(54)48-60(56,57)40(5)12-13-40)35(53)31(39(2,3)4)46-38(55)59-28-16-21-15-25(21)23(28)9-7-6-8-14-49-34(52)24-11-10-22(42)17-27(24)45-37(49)58-29/h6,8,10-11,17,20-21,23,25-26,28-33,47,51H,7,9,12-16,18-19H2,1-5H3,(H,46,55)(H,48,54)/b8-6+/t20-,21+,23-,25+,26+,28-,29+,30+,31-,33?,41-/m1/s1. The highest BCUT2D eigenvalue weighted by Crippen LogP contribution is 2.58. The van der Waals surface area contributed by atoms with Crippen molar-refractivity contribution in [3.63, 3.8) is 0 Å². The summed E-state index contributed by atoms with van der Waals surface area (Å²) >= 11 is 6.30. The van der Waals surface area contributed by atoms with Crippen molar-refractivity contribution in [2.75, 3.05) is 6.54 Å². The van der Waals surface area contributed by atoms with Crippen LogP contribution in [0.1, 0.15) is 79.6 Å². The van der Waals surface area contributed by atoms with Crippen molar-refractivity contribution in [3.8, 4) is 6.01 Å². The van der Waals surface area contributed by atoms with Crippen LogP contribution < -0.4 is 25.7 Å². The zero-order chi connectivity index (χ0) is 43.3. The summed E-state index contributed by atoms with van der Waals surface area (Å²) in [5, 5.41) is 18.2. The fraction of sp³-hybridized carbons (Fsp3) is 0.683. The Hall–Kier alpha value is -3.87. The number of aliphatic hydroxyl groups excluding tert-OH is 1. The third-order valence-electron chi connectivity index (χ3n) is 13.9. The van der Waals surface area contributed by atoms with Crippen molar-refractivity contribution in [1.82, 2.24) is 29.8 Å². The minimum absolute atomic E-state index is 0.0802. The number of allylic oxidation sites excluding steroid dienone is 2. The predicted octanol–water partition coefficient (Wildman–Crippen LogP) is 4.09. The first kappa shape index (κ1) is 42.8. The second kappa shape index (κ2) is 15.2. The summed E-state index contributed by atoms with van der Waals surface area (Å²) in [7, 11) is -4.24. The van der Waals surface area contributed by atoms with E-state index in [-0.39, 0.29) is 49.5 Å². The Morgan fingerprint density at radius 1 is 1.10 bits per heavy atom. The molecule has 2 aromatic rings. The Labute approximate surface area is 352 Å². The van der Waals surface area contributed by atoms with Gasteiger partial charge in [-0.05, 0) is 93.2 Å². The number of rotatable bonds is 7. The van der Waals surface area contributed by atoms with Crippen molar-refractivity contribution in [1.29, 1.82) is 0 Å². The molecule has 1 saturated heterocycles. The maximum atomic E-state index is 14.9. The molecule has 5 fully saturated rings. The first-order valence-electron chi connectivity index (χ1n) is 20.7. The molecule has 4 aliphatic carbocycles. The lowest BCUT2D eigenvalue weighted by Crippen LogP contribution is -2.63. The molecule has 4 saturated carbocycles. The van der Waals surface area contributed by atoms with Gasteiger partial charge in [-0.25, -0.2) is 22.0 Å². The second-order valence-corrected chi connectivity index (χ2v) is 21.7. The number of nitrogens with zero attached hydrogens (tertiary/aromatic N) is 3. The maximum absolute atomic E-state index is 14.9. The second-order valence-electron chi connectivity index (χ2n) is 19.1. The van der Waals surface area contributed by atoms with Crippen LogP contribution in [-0.4, -0.2) is 99.7 Å². The van der Waals surface area contributed by atoms with Crippen LogP contribution in [0, 0.1) is 35.0 Å². The van der Waals surface area contributed by atoms with Gasteiger partial charge < -0.3 is 24.8 Å². The van der Waals surface area contributed by atoms with E-state index < -0.39 is 98.3 Å². The molecule has 1 unspecified atom stereocenters. The van der Waals surface area contributed by atoms with Gasteiger partial charge in [-0.2, -0.15) is 4.98 Å². The topological polar surface area (TPSA) is 198 Å². The highest BCUT2D eigenvalue weighted by Gasteiger charge is 2.67. The smallest absolute Gasteiger partial charge is 0.408 e. The van der Waals surface area contributed by atoms with E-state index >= 15 is 0 Å². The van der Waals surface area contributed by atoms with Crippen molar-refractivity contribution in [2.45, 2.75) is 133 Å². The van der Waals surface area contributed by atoms with Gasteiger partial charge >= 0.3 is 6.09 Å². The Balaban J connectivity index is 1.17. The lowest BCUT2D eigenvalue weighted by Gasteiger charge is -2.38. The lowest BCUT2D eigenvalue weighted by molar-refractivity contribution is -0.141. The molecule has 3 amide bonds. The fourth-order valence-electron chi connectivity index (χ4n) is 9.64. The van der Waals surface area contributed by atoms with E-state index in [9.17, 15) is 41.5 Å². The molecule has 60 heavy (non-hydrogen) atoms. The van der Waals surface area contributed by atoms with E-state index in [1.165, 1.54) is 22.5 Å². The average Bonchev–Trinajstić information content (AvgIpc) is 4.11. The molecule has 2 bridgehead atoms. The van der Waals surface area contributed by atoms with Crippen molar-refractivity contribution < 1.29 is 46.2 Å². The van der Waals surface area contributed by atoms with E-state index in [1.54, 1.807) is 39.8 Å². The molecule has 0 radical (unpaired) electrons. The zero-order valence-corrected chi connectivity index (χ0v) is 35.8. The van der Waals surface area contributed by atoms with Gasteiger partial charge in [0.25, 0.3) is 17.5 Å². The van der Waals surface area contributed by atoms with Crippen molar-refractivity contribution >= 4 is 50.4 Å². The lowest BCUT2D eigenvalue weighted by atomic mass is 9.85. The zero-order valence-electron chi connectivity index (χ0n) is 34.2. The molecule has 6 aliphatic rings. The highest BCUT2D eigenvalue weighted by atomic mass is 35.5. The number of carbonyl (C=O) groups excluding carboxylic acids is 3. The van der Waals surface area contributed by atoms with E-state index in [0.29, 0.717) is 35.1 Å². The van der Waals surface area contributed by atoms with Crippen LogP contribution in [0.15, 0.2) is 35.1 Å². The van der Waals surface area contributed by atoms with Crippen LogP contribution in [0.2, 0.25) is 5.02 Å². The quantitative estimate of drug-likeness (QED) is 0.231. The molecule has 15 nitrogen and oxygen atoms in total. The number of carbonyl (C=O) groups is 3. The molecule has 1 aromatic carbocycles. The third-order valence-corrected chi connectivity index (χ3v) is 16.3. The van der Waals surface area contributed by atoms with E-state index in [0.717, 1.165) is 12.8 Å². The predicted molar refractivity (Wildman–Crippen MR) is 216 cm³/mol. The number of nitrogens with one attached hydrogen (secondary N) is 3. The average molecular weight is 879 g/mol. The normalized spacial score (nSPS) is 34.8. The number of ether oxygens (including phenoxy) is 2. The van der Waals surface area contributed by atoms with Gasteiger partial charge in [-0.3, -0.25) is 29.0 Å². The van der Waals surface area contributed by atoms with Crippen molar-refractivity contribution in [2.24, 2.45) is 35.0 Å². The van der Waals surface area contributed by atoms with Crippen LogP contribution in [0.5, 0.6) is 6.01 Å². The summed E-state index contributed by atoms with van der Waals surface area (Å²) in [5.41, 5.74) is -3.26. The molecule has 3 heterocycles. The van der Waals surface area contributed by atoms with Gasteiger partial charge in [0.05, 0.1) is 28.2 Å². The van der Waals surface area contributed by atoms with Crippen LogP contribution in [0.3, 0.4) is 0 Å². The van der Waals surface area contributed by atoms with E-state index in [1.807, 2.05) is 16.9 Å². The molecular weight excluding hydrogens is 826 g/mol. The number of aromatic nitrogens is 2. The van der Waals surface area contributed by atoms with Gasteiger partial charge in [0.15, 0.2) is 0 Å². The van der Waals surface area contributed by atoms with Gasteiger partial charge in [0.1, 0.15) is 30.0 Å². The molecule has 328 valence electrons. The molecule has 8 rings (SSSR count).